The van der Waals surface area contributed by atoms with Gasteiger partial charge in [-0.25, -0.2) is 8.42 Å². The van der Waals surface area contributed by atoms with E-state index in [9.17, 15) is 13.2 Å². The number of hydrogen-bond acceptors (Lipinski definition) is 3. The van der Waals surface area contributed by atoms with E-state index in [0.717, 1.165) is 4.31 Å². The van der Waals surface area contributed by atoms with Crippen LogP contribution in [-0.2, 0) is 14.8 Å². The van der Waals surface area contributed by atoms with Crippen molar-refractivity contribution in [2.45, 2.75) is 4.90 Å². The fourth-order valence-corrected chi connectivity index (χ4v) is 2.74. The van der Waals surface area contributed by atoms with Crippen LogP contribution in [0.5, 0.6) is 0 Å². The number of amides is 1. The van der Waals surface area contributed by atoms with Crippen molar-refractivity contribution in [2.75, 3.05) is 27.7 Å². The zero-order valence-corrected chi connectivity index (χ0v) is 13.1. The van der Waals surface area contributed by atoms with E-state index >= 15 is 0 Å². The second-order valence-electron chi connectivity index (χ2n) is 4.13. The Morgan fingerprint density at radius 2 is 1.74 bits per heavy atom. The number of halogens is 2. The van der Waals surface area contributed by atoms with Gasteiger partial charge in [-0.3, -0.25) is 4.79 Å². The number of benzene rings is 1. The topological polar surface area (TPSA) is 57.7 Å². The molecule has 1 aromatic carbocycles. The van der Waals surface area contributed by atoms with Crippen molar-refractivity contribution >= 4 is 39.1 Å². The predicted molar refractivity (Wildman–Crippen MR) is 75.0 cm³/mol. The maximum Gasteiger partial charge on any atom is 0.243 e. The van der Waals surface area contributed by atoms with Gasteiger partial charge in [0.2, 0.25) is 15.9 Å². The minimum Gasteiger partial charge on any atom is -0.348 e. The number of hydrogen-bond donors (Lipinski definition) is 0. The second-order valence-corrected chi connectivity index (χ2v) is 6.98. The van der Waals surface area contributed by atoms with Crippen LogP contribution in [0.2, 0.25) is 10.0 Å². The molecule has 0 bridgehead atoms. The van der Waals surface area contributed by atoms with Gasteiger partial charge in [0.15, 0.2) is 0 Å². The molecule has 0 atom stereocenters. The minimum absolute atomic E-state index is 0.00374. The van der Waals surface area contributed by atoms with Crippen LogP contribution in [0.25, 0.3) is 0 Å². The third-order valence-electron chi connectivity index (χ3n) is 2.46. The highest BCUT2D eigenvalue weighted by molar-refractivity contribution is 7.89. The van der Waals surface area contributed by atoms with Crippen molar-refractivity contribution < 1.29 is 13.2 Å². The first kappa shape index (κ1) is 16.2. The van der Waals surface area contributed by atoms with Crippen LogP contribution in [-0.4, -0.2) is 51.2 Å². The van der Waals surface area contributed by atoms with Crippen molar-refractivity contribution in [3.63, 3.8) is 0 Å². The van der Waals surface area contributed by atoms with Gasteiger partial charge in [0, 0.05) is 21.1 Å². The summed E-state index contributed by atoms with van der Waals surface area (Å²) >= 11 is 11.5. The van der Waals surface area contributed by atoms with E-state index in [0.29, 0.717) is 0 Å². The molecular formula is C11H14Cl2N2O3S. The van der Waals surface area contributed by atoms with Gasteiger partial charge >= 0.3 is 0 Å². The number of rotatable bonds is 4. The molecule has 106 valence electrons. The van der Waals surface area contributed by atoms with Crippen molar-refractivity contribution in [3.05, 3.63) is 28.2 Å². The lowest BCUT2D eigenvalue weighted by atomic mass is 10.4. The summed E-state index contributed by atoms with van der Waals surface area (Å²) in [4.78, 5) is 12.8. The molecule has 0 spiro atoms. The maximum atomic E-state index is 12.2. The highest BCUT2D eigenvalue weighted by atomic mass is 35.5. The van der Waals surface area contributed by atoms with E-state index in [2.05, 4.69) is 0 Å². The highest BCUT2D eigenvalue weighted by Crippen LogP contribution is 2.26. The van der Waals surface area contributed by atoms with E-state index in [4.69, 9.17) is 23.2 Å². The summed E-state index contributed by atoms with van der Waals surface area (Å²) in [6.45, 7) is -0.240. The monoisotopic (exact) mass is 324 g/mol. The molecule has 19 heavy (non-hydrogen) atoms. The molecule has 0 fully saturated rings. The first-order chi connectivity index (χ1) is 8.66. The van der Waals surface area contributed by atoms with Crippen LogP contribution in [0.3, 0.4) is 0 Å². The Bertz CT molecular complexity index is 588. The molecule has 0 N–H and O–H groups in total. The Hall–Kier alpha value is -0.820. The summed E-state index contributed by atoms with van der Waals surface area (Å²) < 4.78 is 25.4. The van der Waals surface area contributed by atoms with Gasteiger partial charge in [0.25, 0.3) is 0 Å². The lowest BCUT2D eigenvalue weighted by Crippen LogP contribution is -2.37. The summed E-state index contributed by atoms with van der Waals surface area (Å²) in [5.41, 5.74) is 0. The maximum absolute atomic E-state index is 12.2. The van der Waals surface area contributed by atoms with Gasteiger partial charge in [0.05, 0.1) is 21.5 Å². The van der Waals surface area contributed by atoms with Crippen LogP contribution in [0.4, 0.5) is 0 Å². The molecule has 0 radical (unpaired) electrons. The minimum atomic E-state index is -3.76. The molecule has 8 heteroatoms. The number of carbonyl (C=O) groups is 1. The van der Waals surface area contributed by atoms with Gasteiger partial charge in [-0.2, -0.15) is 4.31 Å². The first-order valence-electron chi connectivity index (χ1n) is 5.28. The summed E-state index contributed by atoms with van der Waals surface area (Å²) in [5, 5.41) is 0.419. The molecule has 1 amide bonds. The van der Waals surface area contributed by atoms with Gasteiger partial charge in [-0.15, -0.1) is 0 Å². The molecule has 0 unspecified atom stereocenters. The third kappa shape index (κ3) is 3.82. The molecule has 0 aromatic heterocycles. The van der Waals surface area contributed by atoms with Gasteiger partial charge in [0.1, 0.15) is 0 Å². The van der Waals surface area contributed by atoms with Crippen LogP contribution in [0, 0.1) is 0 Å². The van der Waals surface area contributed by atoms with Gasteiger partial charge < -0.3 is 4.90 Å². The van der Waals surface area contributed by atoms with Crippen molar-refractivity contribution in [2.24, 2.45) is 0 Å². The average molecular weight is 325 g/mol. The Labute approximate surface area is 122 Å². The lowest BCUT2D eigenvalue weighted by molar-refractivity contribution is -0.128. The van der Waals surface area contributed by atoms with E-state index in [1.807, 2.05) is 0 Å². The fourth-order valence-electron chi connectivity index (χ4n) is 1.23. The summed E-state index contributed by atoms with van der Waals surface area (Å²) in [6, 6.07) is 4.01. The smallest absolute Gasteiger partial charge is 0.243 e. The predicted octanol–water partition coefficient (Wildman–Crippen LogP) is 1.70. The Balaban J connectivity index is 3.03. The van der Waals surface area contributed by atoms with Crippen LogP contribution < -0.4 is 0 Å². The normalized spacial score (nSPS) is 11.7. The van der Waals surface area contributed by atoms with E-state index in [1.165, 1.54) is 30.1 Å². The number of sulfonamides is 1. The Morgan fingerprint density at radius 1 is 1.16 bits per heavy atom. The fraction of sp³-hybridized carbons (Fsp3) is 0.364. The van der Waals surface area contributed by atoms with Gasteiger partial charge in [-0.1, -0.05) is 23.2 Å². The molecule has 0 aliphatic rings. The van der Waals surface area contributed by atoms with E-state index in [1.54, 1.807) is 14.1 Å². The third-order valence-corrected chi connectivity index (χ3v) is 4.99. The zero-order valence-electron chi connectivity index (χ0n) is 10.7. The molecular weight excluding hydrogens is 311 g/mol. The SMILES string of the molecule is CN(C)C(=O)CN(C)S(=O)(=O)c1ccc(Cl)c(Cl)c1. The second kappa shape index (κ2) is 6.09. The molecule has 0 saturated heterocycles. The Morgan fingerprint density at radius 3 is 2.21 bits per heavy atom. The first-order valence-corrected chi connectivity index (χ1v) is 7.47. The van der Waals surface area contributed by atoms with Crippen LogP contribution in [0.1, 0.15) is 0 Å². The van der Waals surface area contributed by atoms with Crippen LogP contribution in [0.15, 0.2) is 23.1 Å². The summed E-state index contributed by atoms with van der Waals surface area (Å²) in [5.74, 6) is -0.314. The Kier molecular flexibility index (Phi) is 5.20. The van der Waals surface area contributed by atoms with Gasteiger partial charge in [-0.05, 0) is 18.2 Å². The van der Waals surface area contributed by atoms with E-state index < -0.39 is 10.0 Å². The highest BCUT2D eigenvalue weighted by Gasteiger charge is 2.24. The van der Waals surface area contributed by atoms with Crippen molar-refractivity contribution in [1.82, 2.24) is 9.21 Å². The summed E-state index contributed by atoms with van der Waals surface area (Å²) in [6.07, 6.45) is 0. The number of carbonyl (C=O) groups excluding carboxylic acids is 1. The quantitative estimate of drug-likeness (QED) is 0.847. The molecule has 0 heterocycles. The molecule has 0 aliphatic carbocycles. The van der Waals surface area contributed by atoms with Crippen molar-refractivity contribution in [1.29, 1.82) is 0 Å². The van der Waals surface area contributed by atoms with Crippen LogP contribution >= 0.6 is 23.2 Å². The molecule has 1 rings (SSSR count). The standard InChI is InChI=1S/C11H14Cl2N2O3S/c1-14(2)11(16)7-15(3)19(17,18)8-4-5-9(12)10(13)6-8/h4-6H,7H2,1-3H3. The molecule has 0 aliphatic heterocycles. The average Bonchev–Trinajstić information content (AvgIpc) is 2.32. The summed E-state index contributed by atoms with van der Waals surface area (Å²) in [7, 11) is 0.683. The molecule has 0 saturated carbocycles. The van der Waals surface area contributed by atoms with Crippen molar-refractivity contribution in [3.8, 4) is 0 Å². The molecule has 1 aromatic rings. The zero-order chi connectivity index (χ0) is 14.8. The number of nitrogens with zero attached hydrogens (tertiary/aromatic N) is 2. The lowest BCUT2D eigenvalue weighted by Gasteiger charge is -2.19. The molecule has 5 nitrogen and oxygen atoms in total. The van der Waals surface area contributed by atoms with E-state index in [-0.39, 0.29) is 27.4 Å². The largest absolute Gasteiger partial charge is 0.348 e. The number of likely N-dealkylation sites (N-methyl/N-ethyl adjacent to an activating group) is 2.